The molecule has 3 unspecified atom stereocenters. The zero-order valence-electron chi connectivity index (χ0n) is 12.8. The molecule has 0 spiro atoms. The van der Waals surface area contributed by atoms with Crippen molar-refractivity contribution in [1.29, 1.82) is 0 Å². The van der Waals surface area contributed by atoms with Crippen molar-refractivity contribution in [2.45, 2.75) is 59.4 Å². The molecule has 2 fully saturated rings. The third-order valence-electron chi connectivity index (χ3n) is 5.89. The minimum absolute atomic E-state index is 0.270. The third kappa shape index (κ3) is 2.03. The van der Waals surface area contributed by atoms with Gasteiger partial charge in [0.05, 0.1) is 0 Å². The molecule has 1 aromatic rings. The SMILES string of the molecule is Cc1cc(C)c(C)c(C(N)C2C3CCCCC32)c1C. The Labute approximate surface area is 117 Å². The molecule has 0 heterocycles. The highest BCUT2D eigenvalue weighted by Gasteiger charge is 2.53. The molecular formula is C18H27N. The lowest BCUT2D eigenvalue weighted by molar-refractivity contribution is 0.480. The van der Waals surface area contributed by atoms with Gasteiger partial charge in [0.25, 0.3) is 0 Å². The van der Waals surface area contributed by atoms with E-state index in [0.717, 1.165) is 17.8 Å². The van der Waals surface area contributed by atoms with Crippen molar-refractivity contribution in [3.63, 3.8) is 0 Å². The largest absolute Gasteiger partial charge is 0.324 e. The van der Waals surface area contributed by atoms with Crippen molar-refractivity contribution in [2.75, 3.05) is 0 Å². The monoisotopic (exact) mass is 257 g/mol. The zero-order valence-corrected chi connectivity index (χ0v) is 12.8. The van der Waals surface area contributed by atoms with E-state index >= 15 is 0 Å². The molecular weight excluding hydrogens is 230 g/mol. The second-order valence-electron chi connectivity index (χ2n) is 6.89. The van der Waals surface area contributed by atoms with Gasteiger partial charge in [0.15, 0.2) is 0 Å². The Morgan fingerprint density at radius 2 is 1.42 bits per heavy atom. The van der Waals surface area contributed by atoms with Gasteiger partial charge in [0.2, 0.25) is 0 Å². The van der Waals surface area contributed by atoms with E-state index in [4.69, 9.17) is 5.73 Å². The fourth-order valence-electron chi connectivity index (χ4n) is 4.52. The molecule has 1 heteroatoms. The minimum atomic E-state index is 0.270. The maximum atomic E-state index is 6.70. The van der Waals surface area contributed by atoms with Gasteiger partial charge in [-0.25, -0.2) is 0 Å². The molecule has 0 bridgehead atoms. The van der Waals surface area contributed by atoms with Crippen LogP contribution in [0.3, 0.4) is 0 Å². The molecule has 1 aromatic carbocycles. The Balaban J connectivity index is 1.94. The molecule has 0 aliphatic heterocycles. The van der Waals surface area contributed by atoms with Crippen LogP contribution in [0, 0.1) is 45.4 Å². The van der Waals surface area contributed by atoms with Crippen LogP contribution in [0.2, 0.25) is 0 Å². The first-order chi connectivity index (χ1) is 9.02. The van der Waals surface area contributed by atoms with Gasteiger partial charge in [-0.15, -0.1) is 0 Å². The first-order valence-corrected chi connectivity index (χ1v) is 7.85. The lowest BCUT2D eigenvalue weighted by Gasteiger charge is -2.21. The Morgan fingerprint density at radius 3 is 1.89 bits per heavy atom. The lowest BCUT2D eigenvalue weighted by Crippen LogP contribution is -2.18. The number of benzene rings is 1. The quantitative estimate of drug-likeness (QED) is 0.837. The van der Waals surface area contributed by atoms with E-state index in [-0.39, 0.29) is 6.04 Å². The minimum Gasteiger partial charge on any atom is -0.324 e. The van der Waals surface area contributed by atoms with E-state index in [2.05, 4.69) is 33.8 Å². The number of fused-ring (bicyclic) bond motifs is 1. The van der Waals surface area contributed by atoms with E-state index in [1.54, 1.807) is 0 Å². The van der Waals surface area contributed by atoms with E-state index in [0.29, 0.717) is 0 Å². The number of hydrogen-bond donors (Lipinski definition) is 1. The summed E-state index contributed by atoms with van der Waals surface area (Å²) in [4.78, 5) is 0. The zero-order chi connectivity index (χ0) is 13.7. The van der Waals surface area contributed by atoms with E-state index < -0.39 is 0 Å². The van der Waals surface area contributed by atoms with Crippen LogP contribution in [0.25, 0.3) is 0 Å². The van der Waals surface area contributed by atoms with Crippen LogP contribution in [0.1, 0.15) is 59.5 Å². The molecule has 2 aliphatic carbocycles. The molecule has 1 nitrogen and oxygen atoms in total. The highest BCUT2D eigenvalue weighted by molar-refractivity contribution is 5.46. The average molecular weight is 257 g/mol. The van der Waals surface area contributed by atoms with Crippen molar-refractivity contribution >= 4 is 0 Å². The molecule has 104 valence electrons. The average Bonchev–Trinajstić information content (AvgIpc) is 3.11. The predicted molar refractivity (Wildman–Crippen MR) is 81.3 cm³/mol. The van der Waals surface area contributed by atoms with E-state index in [9.17, 15) is 0 Å². The van der Waals surface area contributed by atoms with Crippen LogP contribution in [0.4, 0.5) is 0 Å². The summed E-state index contributed by atoms with van der Waals surface area (Å²) in [5.74, 6) is 2.63. The number of rotatable bonds is 2. The topological polar surface area (TPSA) is 26.0 Å². The summed E-state index contributed by atoms with van der Waals surface area (Å²) < 4.78 is 0. The van der Waals surface area contributed by atoms with Gasteiger partial charge in [-0.1, -0.05) is 18.9 Å². The molecule has 3 atom stereocenters. The van der Waals surface area contributed by atoms with Crippen LogP contribution in [0.5, 0.6) is 0 Å². The summed E-state index contributed by atoms with van der Waals surface area (Å²) in [6.07, 6.45) is 5.70. The summed E-state index contributed by atoms with van der Waals surface area (Å²) in [6.45, 7) is 8.95. The van der Waals surface area contributed by atoms with Crippen molar-refractivity contribution in [3.8, 4) is 0 Å². The van der Waals surface area contributed by atoms with Crippen molar-refractivity contribution in [2.24, 2.45) is 23.5 Å². The number of aryl methyl sites for hydroxylation is 2. The highest BCUT2D eigenvalue weighted by atomic mass is 14.7. The Hall–Kier alpha value is -0.820. The maximum absolute atomic E-state index is 6.70. The molecule has 0 radical (unpaired) electrons. The number of nitrogens with two attached hydrogens (primary N) is 1. The fraction of sp³-hybridized carbons (Fsp3) is 0.667. The predicted octanol–water partition coefficient (Wildman–Crippen LogP) is 4.36. The molecule has 2 aliphatic rings. The van der Waals surface area contributed by atoms with Gasteiger partial charge in [0, 0.05) is 6.04 Å². The number of hydrogen-bond acceptors (Lipinski definition) is 1. The van der Waals surface area contributed by atoms with Gasteiger partial charge < -0.3 is 5.73 Å². The van der Waals surface area contributed by atoms with Crippen LogP contribution in [-0.2, 0) is 0 Å². The van der Waals surface area contributed by atoms with Crippen LogP contribution < -0.4 is 5.73 Å². The standard InChI is InChI=1S/C18H27N/c1-10-9-11(2)13(4)16(12(10)3)18(19)17-14-7-5-6-8-15(14)17/h9,14-15,17-18H,5-8,19H2,1-4H3. The molecule has 0 aromatic heterocycles. The highest BCUT2D eigenvalue weighted by Crippen LogP contribution is 2.60. The second-order valence-corrected chi connectivity index (χ2v) is 6.89. The normalized spacial score (nSPS) is 30.9. The Morgan fingerprint density at radius 1 is 0.947 bits per heavy atom. The summed E-state index contributed by atoms with van der Waals surface area (Å²) in [7, 11) is 0. The molecule has 2 N–H and O–H groups in total. The summed E-state index contributed by atoms with van der Waals surface area (Å²) in [5, 5.41) is 0. The molecule has 19 heavy (non-hydrogen) atoms. The van der Waals surface area contributed by atoms with Gasteiger partial charge in [-0.2, -0.15) is 0 Å². The first kappa shape index (κ1) is 13.2. The van der Waals surface area contributed by atoms with E-state index in [1.165, 1.54) is 53.5 Å². The smallest absolute Gasteiger partial charge is 0.0334 e. The maximum Gasteiger partial charge on any atom is 0.0334 e. The van der Waals surface area contributed by atoms with Crippen molar-refractivity contribution in [1.82, 2.24) is 0 Å². The van der Waals surface area contributed by atoms with Crippen LogP contribution >= 0.6 is 0 Å². The first-order valence-electron chi connectivity index (χ1n) is 7.85. The van der Waals surface area contributed by atoms with Gasteiger partial charge in [-0.3, -0.25) is 0 Å². The Kier molecular flexibility index (Phi) is 3.21. The summed E-state index contributed by atoms with van der Waals surface area (Å²) in [6, 6.07) is 2.58. The second kappa shape index (κ2) is 4.63. The fourth-order valence-corrected chi connectivity index (χ4v) is 4.52. The third-order valence-corrected chi connectivity index (χ3v) is 5.89. The van der Waals surface area contributed by atoms with Gasteiger partial charge in [-0.05, 0) is 86.1 Å². The van der Waals surface area contributed by atoms with Crippen LogP contribution in [0.15, 0.2) is 6.07 Å². The molecule has 2 saturated carbocycles. The van der Waals surface area contributed by atoms with Gasteiger partial charge >= 0.3 is 0 Å². The van der Waals surface area contributed by atoms with Crippen LogP contribution in [-0.4, -0.2) is 0 Å². The van der Waals surface area contributed by atoms with Crippen molar-refractivity contribution in [3.05, 3.63) is 33.9 Å². The van der Waals surface area contributed by atoms with Crippen molar-refractivity contribution < 1.29 is 0 Å². The van der Waals surface area contributed by atoms with Gasteiger partial charge in [0.1, 0.15) is 0 Å². The summed E-state index contributed by atoms with van der Waals surface area (Å²) in [5.41, 5.74) is 13.8. The molecule has 0 saturated heterocycles. The summed E-state index contributed by atoms with van der Waals surface area (Å²) >= 11 is 0. The van der Waals surface area contributed by atoms with E-state index in [1.807, 2.05) is 0 Å². The lowest BCUT2D eigenvalue weighted by atomic mass is 9.87. The molecule has 3 rings (SSSR count). The Bertz CT molecular complexity index is 465. The molecule has 0 amide bonds.